The first-order valence-corrected chi connectivity index (χ1v) is 12.0. The number of aliphatic hydroxyl groups is 1. The average Bonchev–Trinajstić information content (AvgIpc) is 3.12. The molecule has 0 spiro atoms. The van der Waals surface area contributed by atoms with Crippen molar-refractivity contribution in [1.29, 1.82) is 0 Å². The number of hydrogen-bond donors (Lipinski definition) is 1. The molecule has 0 aromatic heterocycles. The number of hydrogen-bond acceptors (Lipinski definition) is 5. The van der Waals surface area contributed by atoms with Gasteiger partial charge in [-0.2, -0.15) is 0 Å². The van der Waals surface area contributed by atoms with Gasteiger partial charge >= 0.3 is 0 Å². The predicted octanol–water partition coefficient (Wildman–Crippen LogP) is 2.83. The van der Waals surface area contributed by atoms with Crippen molar-refractivity contribution < 1.29 is 28.6 Å². The van der Waals surface area contributed by atoms with Gasteiger partial charge in [0.15, 0.2) is 0 Å². The van der Waals surface area contributed by atoms with Crippen LogP contribution in [-0.4, -0.2) is 66.0 Å². The number of halogens is 1. The van der Waals surface area contributed by atoms with E-state index in [-0.39, 0.29) is 43.4 Å². The summed E-state index contributed by atoms with van der Waals surface area (Å²) in [6.07, 6.45) is 0.0729. The summed E-state index contributed by atoms with van der Waals surface area (Å²) in [5.74, 6) is -1.89. The van der Waals surface area contributed by atoms with E-state index in [0.717, 1.165) is 10.5 Å². The number of likely N-dealkylation sites (tertiary alicyclic amines) is 2. The van der Waals surface area contributed by atoms with E-state index < -0.39 is 29.2 Å². The zero-order chi connectivity index (χ0) is 25.0. The van der Waals surface area contributed by atoms with Gasteiger partial charge in [-0.1, -0.05) is 48.5 Å². The van der Waals surface area contributed by atoms with Gasteiger partial charge in [-0.05, 0) is 30.4 Å². The van der Waals surface area contributed by atoms with Crippen LogP contribution in [0.25, 0.3) is 0 Å². The van der Waals surface area contributed by atoms with Crippen molar-refractivity contribution in [3.8, 4) is 0 Å². The Morgan fingerprint density at radius 2 is 1.77 bits per heavy atom. The first kappa shape index (κ1) is 25.0. The van der Waals surface area contributed by atoms with Crippen LogP contribution in [0, 0.1) is 11.7 Å². The van der Waals surface area contributed by atoms with Crippen LogP contribution >= 0.6 is 0 Å². The van der Waals surface area contributed by atoms with Crippen molar-refractivity contribution in [2.75, 3.05) is 33.4 Å². The van der Waals surface area contributed by atoms with Gasteiger partial charge in [-0.15, -0.1) is 0 Å². The van der Waals surface area contributed by atoms with Gasteiger partial charge in [0.2, 0.25) is 17.7 Å². The minimum absolute atomic E-state index is 0.0150. The highest BCUT2D eigenvalue weighted by molar-refractivity contribution is 6.10. The van der Waals surface area contributed by atoms with Crippen LogP contribution in [0.1, 0.15) is 42.9 Å². The Balaban J connectivity index is 1.51. The van der Waals surface area contributed by atoms with Crippen LogP contribution in [0.5, 0.6) is 0 Å². The number of imide groups is 1. The third-order valence-corrected chi connectivity index (χ3v) is 7.25. The summed E-state index contributed by atoms with van der Waals surface area (Å²) < 4.78 is 19.9. The SMILES string of the molecule is COCCN1C(=O)C[C@@](CC(=O)N2CCC([C@@H](O)c3ccccc3)CC2)(c2ccccc2F)C1=O. The largest absolute Gasteiger partial charge is 0.388 e. The molecule has 2 atom stereocenters. The van der Waals surface area contributed by atoms with Gasteiger partial charge < -0.3 is 14.7 Å². The zero-order valence-corrected chi connectivity index (χ0v) is 19.9. The standard InChI is InChI=1S/C27H31FN2O5/c1-35-16-15-30-24(32)18-27(26(30)34,21-9-5-6-10-22(21)28)17-23(31)29-13-11-20(12-14-29)25(33)19-7-3-2-4-8-19/h2-10,20,25,33H,11-18H2,1H3/t25-,27-/m0/s1. The number of carbonyl (C=O) groups is 3. The molecule has 1 N–H and O–H groups in total. The Hall–Kier alpha value is -3.10. The maximum Gasteiger partial charge on any atom is 0.241 e. The van der Waals surface area contributed by atoms with E-state index in [1.165, 1.54) is 25.3 Å². The normalized spacial score (nSPS) is 22.0. The van der Waals surface area contributed by atoms with Gasteiger partial charge in [-0.3, -0.25) is 19.3 Å². The van der Waals surface area contributed by atoms with Crippen molar-refractivity contribution >= 4 is 17.7 Å². The molecule has 0 bridgehead atoms. The van der Waals surface area contributed by atoms with E-state index in [2.05, 4.69) is 0 Å². The smallest absolute Gasteiger partial charge is 0.241 e. The van der Waals surface area contributed by atoms with E-state index in [0.29, 0.717) is 25.9 Å². The third-order valence-electron chi connectivity index (χ3n) is 7.25. The van der Waals surface area contributed by atoms with Gasteiger partial charge in [-0.25, -0.2) is 4.39 Å². The highest BCUT2D eigenvalue weighted by atomic mass is 19.1. The number of benzene rings is 2. The summed E-state index contributed by atoms with van der Waals surface area (Å²) in [5.41, 5.74) is -0.656. The number of aliphatic hydroxyl groups excluding tert-OH is 1. The molecule has 7 nitrogen and oxygen atoms in total. The lowest BCUT2D eigenvalue weighted by molar-refractivity contribution is -0.143. The maximum atomic E-state index is 14.9. The summed E-state index contributed by atoms with van der Waals surface area (Å²) in [6, 6.07) is 15.3. The molecule has 2 aliphatic heterocycles. The Labute approximate surface area is 204 Å². The van der Waals surface area contributed by atoms with Crippen molar-refractivity contribution in [2.24, 2.45) is 5.92 Å². The lowest BCUT2D eigenvalue weighted by Crippen LogP contribution is -2.46. The van der Waals surface area contributed by atoms with Gasteiger partial charge in [0.1, 0.15) is 5.82 Å². The van der Waals surface area contributed by atoms with Crippen LogP contribution < -0.4 is 0 Å². The second-order valence-corrected chi connectivity index (χ2v) is 9.33. The molecule has 8 heteroatoms. The molecule has 2 saturated heterocycles. The summed E-state index contributed by atoms with van der Waals surface area (Å²) in [7, 11) is 1.47. The number of piperidine rings is 1. The number of nitrogens with zero attached hydrogens (tertiary/aromatic N) is 2. The molecule has 0 saturated carbocycles. The van der Waals surface area contributed by atoms with Crippen LogP contribution in [0.15, 0.2) is 54.6 Å². The highest BCUT2D eigenvalue weighted by Crippen LogP contribution is 2.42. The fourth-order valence-corrected chi connectivity index (χ4v) is 5.26. The Kier molecular flexibility index (Phi) is 7.62. The lowest BCUT2D eigenvalue weighted by atomic mass is 9.75. The van der Waals surface area contributed by atoms with Gasteiger partial charge in [0, 0.05) is 38.6 Å². The molecule has 0 radical (unpaired) electrons. The number of methoxy groups -OCH3 is 1. The number of carbonyl (C=O) groups excluding carboxylic acids is 3. The molecule has 2 aliphatic rings. The lowest BCUT2D eigenvalue weighted by Gasteiger charge is -2.36. The molecular formula is C27H31FN2O5. The molecular weight excluding hydrogens is 451 g/mol. The van der Waals surface area contributed by atoms with Gasteiger partial charge in [0.05, 0.1) is 24.7 Å². The fraction of sp³-hybridized carbons (Fsp3) is 0.444. The van der Waals surface area contributed by atoms with E-state index in [1.54, 1.807) is 11.0 Å². The summed E-state index contributed by atoms with van der Waals surface area (Å²) in [5, 5.41) is 10.7. The zero-order valence-electron chi connectivity index (χ0n) is 19.9. The Morgan fingerprint density at radius 3 is 2.43 bits per heavy atom. The molecule has 0 aliphatic carbocycles. The van der Waals surface area contributed by atoms with Crippen LogP contribution in [0.2, 0.25) is 0 Å². The number of amides is 3. The quantitative estimate of drug-likeness (QED) is 0.585. The van der Waals surface area contributed by atoms with E-state index >= 15 is 0 Å². The Bertz CT molecular complexity index is 1070. The molecule has 2 fully saturated rings. The monoisotopic (exact) mass is 482 g/mol. The number of rotatable bonds is 8. The van der Waals surface area contributed by atoms with Gasteiger partial charge in [0.25, 0.3) is 0 Å². The van der Waals surface area contributed by atoms with Crippen molar-refractivity contribution in [3.05, 3.63) is 71.5 Å². The molecule has 3 amide bonds. The summed E-state index contributed by atoms with van der Waals surface area (Å²) in [6.45, 7) is 1.07. The third kappa shape index (κ3) is 4.99. The van der Waals surface area contributed by atoms with Crippen molar-refractivity contribution in [2.45, 2.75) is 37.2 Å². The topological polar surface area (TPSA) is 87.2 Å². The van der Waals surface area contributed by atoms with Crippen LogP contribution in [-0.2, 0) is 24.5 Å². The Morgan fingerprint density at radius 1 is 1.11 bits per heavy atom. The maximum absolute atomic E-state index is 14.9. The molecule has 186 valence electrons. The van der Waals surface area contributed by atoms with E-state index in [4.69, 9.17) is 4.74 Å². The molecule has 4 rings (SSSR count). The van der Waals surface area contributed by atoms with E-state index in [9.17, 15) is 23.9 Å². The van der Waals surface area contributed by atoms with Crippen molar-refractivity contribution in [3.63, 3.8) is 0 Å². The summed E-state index contributed by atoms with van der Waals surface area (Å²) >= 11 is 0. The van der Waals surface area contributed by atoms with Crippen LogP contribution in [0.3, 0.4) is 0 Å². The van der Waals surface area contributed by atoms with Crippen LogP contribution in [0.4, 0.5) is 4.39 Å². The summed E-state index contributed by atoms with van der Waals surface area (Å²) in [4.78, 5) is 42.4. The fourth-order valence-electron chi connectivity index (χ4n) is 5.26. The predicted molar refractivity (Wildman–Crippen MR) is 127 cm³/mol. The molecule has 0 unspecified atom stereocenters. The highest BCUT2D eigenvalue weighted by Gasteiger charge is 2.55. The second-order valence-electron chi connectivity index (χ2n) is 9.33. The van der Waals surface area contributed by atoms with E-state index in [1.807, 2.05) is 30.3 Å². The number of ether oxygens (including phenoxy) is 1. The van der Waals surface area contributed by atoms with Crippen molar-refractivity contribution in [1.82, 2.24) is 9.80 Å². The molecule has 2 aromatic carbocycles. The first-order chi connectivity index (χ1) is 16.9. The molecule has 2 aromatic rings. The molecule has 35 heavy (non-hydrogen) atoms. The minimum Gasteiger partial charge on any atom is -0.388 e. The molecule has 2 heterocycles. The first-order valence-electron chi connectivity index (χ1n) is 12.0. The minimum atomic E-state index is -1.58. The second kappa shape index (κ2) is 10.7. The average molecular weight is 483 g/mol.